The fraction of sp³-hybridized carbons (Fsp3) is 0. The first kappa shape index (κ1) is 5.75. The van der Waals surface area contributed by atoms with Gasteiger partial charge in [0.2, 0.25) is 0 Å². The van der Waals surface area contributed by atoms with Crippen molar-refractivity contribution >= 4 is 6.08 Å². The minimum absolute atomic E-state index is 0.965. The third kappa shape index (κ3) is 1.53. The molecule has 0 bridgehead atoms. The van der Waals surface area contributed by atoms with Crippen LogP contribution >= 0.6 is 0 Å². The van der Waals surface area contributed by atoms with Gasteiger partial charge in [0.25, 0.3) is 0 Å². The van der Waals surface area contributed by atoms with E-state index in [0.29, 0.717) is 0 Å². The molecule has 0 atom stereocenters. The number of rotatable bonds is 1. The second kappa shape index (κ2) is 2.81. The van der Waals surface area contributed by atoms with Crippen molar-refractivity contribution in [3.8, 4) is 0 Å². The van der Waals surface area contributed by atoms with Crippen molar-refractivity contribution in [3.63, 3.8) is 0 Å². The minimum atomic E-state index is 0.965. The first-order chi connectivity index (χ1) is 4.43. The van der Waals surface area contributed by atoms with Crippen molar-refractivity contribution in [1.29, 1.82) is 0 Å². The number of nitrogens with zero attached hydrogens (tertiary/aromatic N) is 2. The maximum absolute atomic E-state index is 5.13. The highest BCUT2D eigenvalue weighted by Crippen LogP contribution is 1.93. The first-order valence-electron chi connectivity index (χ1n) is 2.58. The van der Waals surface area contributed by atoms with Crippen molar-refractivity contribution in [2.24, 2.45) is 5.73 Å². The monoisotopic (exact) mass is 121 g/mol. The van der Waals surface area contributed by atoms with E-state index in [1.807, 2.05) is 6.07 Å². The summed E-state index contributed by atoms with van der Waals surface area (Å²) in [7, 11) is 0. The van der Waals surface area contributed by atoms with Gasteiger partial charge in [-0.2, -0.15) is 10.2 Å². The summed E-state index contributed by atoms with van der Waals surface area (Å²) >= 11 is 0. The van der Waals surface area contributed by atoms with Crippen LogP contribution in [-0.4, -0.2) is 10.2 Å². The Labute approximate surface area is 53.2 Å². The van der Waals surface area contributed by atoms with Crippen molar-refractivity contribution in [1.82, 2.24) is 10.2 Å². The standard InChI is InChI=1S/C6H7N3/c7-3-1-6-2-4-8-9-5-6/h1-5H,7H2. The van der Waals surface area contributed by atoms with Crippen molar-refractivity contribution in [3.05, 3.63) is 30.2 Å². The van der Waals surface area contributed by atoms with Crippen molar-refractivity contribution < 1.29 is 0 Å². The van der Waals surface area contributed by atoms with Crippen LogP contribution in [0.15, 0.2) is 24.7 Å². The summed E-state index contributed by atoms with van der Waals surface area (Å²) in [6, 6.07) is 1.83. The summed E-state index contributed by atoms with van der Waals surface area (Å²) in [6.07, 6.45) is 6.49. The molecule has 0 aliphatic carbocycles. The minimum Gasteiger partial charge on any atom is -0.405 e. The maximum Gasteiger partial charge on any atom is 0.0569 e. The summed E-state index contributed by atoms with van der Waals surface area (Å²) in [5.41, 5.74) is 6.10. The molecule has 3 heteroatoms. The third-order valence-corrected chi connectivity index (χ3v) is 0.896. The molecule has 1 aromatic rings. The van der Waals surface area contributed by atoms with Crippen LogP contribution in [0.5, 0.6) is 0 Å². The van der Waals surface area contributed by atoms with Gasteiger partial charge in [0.15, 0.2) is 0 Å². The topological polar surface area (TPSA) is 51.8 Å². The van der Waals surface area contributed by atoms with Gasteiger partial charge in [-0.25, -0.2) is 0 Å². The number of nitrogens with two attached hydrogens (primary N) is 1. The second-order valence-electron chi connectivity index (χ2n) is 1.53. The maximum atomic E-state index is 5.13. The molecule has 0 aliphatic heterocycles. The molecule has 0 fully saturated rings. The first-order valence-corrected chi connectivity index (χ1v) is 2.58. The van der Waals surface area contributed by atoms with E-state index < -0.39 is 0 Å². The predicted molar refractivity (Wildman–Crippen MR) is 35.3 cm³/mol. The summed E-state index contributed by atoms with van der Waals surface area (Å²) in [5, 5.41) is 7.25. The SMILES string of the molecule is NC=Cc1ccnnc1. The lowest BCUT2D eigenvalue weighted by atomic mass is 10.3. The highest BCUT2D eigenvalue weighted by Gasteiger charge is 1.80. The predicted octanol–water partition coefficient (Wildman–Crippen LogP) is 0.406. The largest absolute Gasteiger partial charge is 0.405 e. The molecule has 0 saturated carbocycles. The zero-order valence-electron chi connectivity index (χ0n) is 4.86. The van der Waals surface area contributed by atoms with E-state index in [2.05, 4.69) is 10.2 Å². The van der Waals surface area contributed by atoms with Gasteiger partial charge in [-0.05, 0) is 23.9 Å². The molecule has 1 aromatic heterocycles. The van der Waals surface area contributed by atoms with Gasteiger partial charge in [-0.1, -0.05) is 0 Å². The van der Waals surface area contributed by atoms with Crippen LogP contribution in [-0.2, 0) is 0 Å². The van der Waals surface area contributed by atoms with E-state index in [4.69, 9.17) is 5.73 Å². The Bertz CT molecular complexity index is 193. The lowest BCUT2D eigenvalue weighted by Crippen LogP contribution is -1.81. The summed E-state index contributed by atoms with van der Waals surface area (Å²) in [6.45, 7) is 0. The molecule has 0 aliphatic rings. The Morgan fingerprint density at radius 3 is 2.89 bits per heavy atom. The smallest absolute Gasteiger partial charge is 0.0569 e. The Kier molecular flexibility index (Phi) is 1.80. The zero-order chi connectivity index (χ0) is 6.53. The van der Waals surface area contributed by atoms with Gasteiger partial charge in [0.1, 0.15) is 0 Å². The molecule has 0 aromatic carbocycles. The molecule has 0 radical (unpaired) electrons. The molecule has 0 unspecified atom stereocenters. The van der Waals surface area contributed by atoms with Crippen LogP contribution in [0.1, 0.15) is 5.56 Å². The Hall–Kier alpha value is -1.38. The molecule has 46 valence electrons. The van der Waals surface area contributed by atoms with E-state index >= 15 is 0 Å². The van der Waals surface area contributed by atoms with Crippen LogP contribution < -0.4 is 5.73 Å². The highest BCUT2D eigenvalue weighted by atomic mass is 15.1. The van der Waals surface area contributed by atoms with Crippen molar-refractivity contribution in [2.75, 3.05) is 0 Å². The van der Waals surface area contributed by atoms with Crippen LogP contribution in [0.2, 0.25) is 0 Å². The van der Waals surface area contributed by atoms with Gasteiger partial charge in [0.05, 0.1) is 12.4 Å². The molecule has 1 heterocycles. The average molecular weight is 121 g/mol. The lowest BCUT2D eigenvalue weighted by Gasteiger charge is -1.85. The zero-order valence-corrected chi connectivity index (χ0v) is 4.86. The molecule has 1 rings (SSSR count). The van der Waals surface area contributed by atoms with Gasteiger partial charge < -0.3 is 5.73 Å². The van der Waals surface area contributed by atoms with Gasteiger partial charge in [0, 0.05) is 0 Å². The molecule has 0 saturated heterocycles. The van der Waals surface area contributed by atoms with Crippen LogP contribution in [0, 0.1) is 0 Å². The molecular formula is C6H7N3. The molecule has 0 amide bonds. The van der Waals surface area contributed by atoms with E-state index in [1.165, 1.54) is 6.20 Å². The van der Waals surface area contributed by atoms with E-state index in [0.717, 1.165) is 5.56 Å². The summed E-state index contributed by atoms with van der Waals surface area (Å²) < 4.78 is 0. The van der Waals surface area contributed by atoms with Crippen molar-refractivity contribution in [2.45, 2.75) is 0 Å². The van der Waals surface area contributed by atoms with Crippen LogP contribution in [0.4, 0.5) is 0 Å². The Balaban J connectivity index is 2.85. The average Bonchev–Trinajstić information content (AvgIpc) is 1.91. The molecule has 0 spiro atoms. The number of aromatic nitrogens is 2. The normalized spacial score (nSPS) is 10.2. The Morgan fingerprint density at radius 2 is 2.33 bits per heavy atom. The van der Waals surface area contributed by atoms with Gasteiger partial charge in [-0.15, -0.1) is 0 Å². The fourth-order valence-corrected chi connectivity index (χ4v) is 0.511. The van der Waals surface area contributed by atoms with Crippen LogP contribution in [0.3, 0.4) is 0 Å². The van der Waals surface area contributed by atoms with E-state index in [9.17, 15) is 0 Å². The quantitative estimate of drug-likeness (QED) is 0.585. The van der Waals surface area contributed by atoms with Crippen LogP contribution in [0.25, 0.3) is 6.08 Å². The van der Waals surface area contributed by atoms with E-state index in [-0.39, 0.29) is 0 Å². The molecule has 9 heavy (non-hydrogen) atoms. The second-order valence-corrected chi connectivity index (χ2v) is 1.53. The summed E-state index contributed by atoms with van der Waals surface area (Å²) in [5.74, 6) is 0. The summed E-state index contributed by atoms with van der Waals surface area (Å²) in [4.78, 5) is 0. The third-order valence-electron chi connectivity index (χ3n) is 0.896. The Morgan fingerprint density at radius 1 is 1.44 bits per heavy atom. The molecular weight excluding hydrogens is 114 g/mol. The van der Waals surface area contributed by atoms with Gasteiger partial charge >= 0.3 is 0 Å². The number of hydrogen-bond donors (Lipinski definition) is 1. The molecule has 2 N–H and O–H groups in total. The highest BCUT2D eigenvalue weighted by molar-refractivity contribution is 5.45. The van der Waals surface area contributed by atoms with Gasteiger partial charge in [-0.3, -0.25) is 0 Å². The van der Waals surface area contributed by atoms with E-state index in [1.54, 1.807) is 18.5 Å². The molecule has 3 nitrogen and oxygen atoms in total. The fourth-order valence-electron chi connectivity index (χ4n) is 0.511. The lowest BCUT2D eigenvalue weighted by molar-refractivity contribution is 1.03. The number of hydrogen-bond acceptors (Lipinski definition) is 3.